The van der Waals surface area contributed by atoms with Crippen LogP contribution in [0.2, 0.25) is 0 Å². The van der Waals surface area contributed by atoms with Crippen LogP contribution in [0.15, 0.2) is 35.1 Å². The van der Waals surface area contributed by atoms with Gasteiger partial charge < -0.3 is 5.73 Å². The Hall–Kier alpha value is -2.43. The Labute approximate surface area is 97.3 Å². The van der Waals surface area contributed by atoms with Gasteiger partial charge >= 0.3 is 0 Å². The first kappa shape index (κ1) is 11.1. The van der Waals surface area contributed by atoms with Crippen LogP contribution < -0.4 is 11.3 Å². The monoisotopic (exact) mass is 229 g/mol. The third-order valence-electron chi connectivity index (χ3n) is 2.48. The van der Waals surface area contributed by atoms with Crippen molar-refractivity contribution in [2.24, 2.45) is 5.73 Å². The molecule has 3 N–H and O–H groups in total. The van der Waals surface area contributed by atoms with E-state index < -0.39 is 5.91 Å². The minimum absolute atomic E-state index is 0.268. The molecule has 0 saturated heterocycles. The van der Waals surface area contributed by atoms with Gasteiger partial charge in [-0.25, -0.2) is 5.10 Å². The van der Waals surface area contributed by atoms with E-state index in [1.54, 1.807) is 18.2 Å². The van der Waals surface area contributed by atoms with E-state index in [2.05, 4.69) is 10.2 Å². The predicted octanol–water partition coefficient (Wildman–Crippen LogP) is 0.844. The quantitative estimate of drug-likeness (QED) is 0.799. The number of carbonyl (C=O) groups is 1. The lowest BCUT2D eigenvalue weighted by Gasteiger charge is -2.05. The number of benzene rings is 1. The molecule has 0 aliphatic rings. The molecule has 1 amide bonds. The first-order valence-electron chi connectivity index (χ1n) is 5.04. The van der Waals surface area contributed by atoms with Gasteiger partial charge in [-0.1, -0.05) is 12.1 Å². The Morgan fingerprint density at radius 1 is 1.29 bits per heavy atom. The fourth-order valence-corrected chi connectivity index (χ4v) is 1.55. The number of hydrogen-bond acceptors (Lipinski definition) is 3. The topological polar surface area (TPSA) is 88.8 Å². The molecule has 1 aromatic heterocycles. The lowest BCUT2D eigenvalue weighted by atomic mass is 10.0. The molecule has 0 unspecified atom stereocenters. The van der Waals surface area contributed by atoms with Crippen molar-refractivity contribution in [2.75, 3.05) is 0 Å². The van der Waals surface area contributed by atoms with E-state index in [0.29, 0.717) is 11.3 Å². The van der Waals surface area contributed by atoms with Crippen LogP contribution in [0.3, 0.4) is 0 Å². The molecular weight excluding hydrogens is 218 g/mol. The highest BCUT2D eigenvalue weighted by atomic mass is 16.1. The van der Waals surface area contributed by atoms with Gasteiger partial charge in [-0.3, -0.25) is 9.59 Å². The Morgan fingerprint density at radius 2 is 2.06 bits per heavy atom. The number of amides is 1. The summed E-state index contributed by atoms with van der Waals surface area (Å²) in [7, 11) is 0. The molecular formula is C12H11N3O2. The highest BCUT2D eigenvalue weighted by Crippen LogP contribution is 2.19. The van der Waals surface area contributed by atoms with E-state index >= 15 is 0 Å². The molecule has 2 aromatic rings. The van der Waals surface area contributed by atoms with Crippen LogP contribution in [0.1, 0.15) is 15.9 Å². The van der Waals surface area contributed by atoms with E-state index in [1.807, 2.05) is 13.0 Å². The number of carbonyl (C=O) groups excluding carboxylic acids is 1. The van der Waals surface area contributed by atoms with Gasteiger partial charge in [0.05, 0.1) is 5.69 Å². The summed E-state index contributed by atoms with van der Waals surface area (Å²) >= 11 is 0. The van der Waals surface area contributed by atoms with Crippen LogP contribution in [0.25, 0.3) is 11.3 Å². The van der Waals surface area contributed by atoms with Crippen LogP contribution in [0.4, 0.5) is 0 Å². The largest absolute Gasteiger partial charge is 0.366 e. The maximum atomic E-state index is 11.2. The fraction of sp³-hybridized carbons (Fsp3) is 0.0833. The fourth-order valence-electron chi connectivity index (χ4n) is 1.55. The lowest BCUT2D eigenvalue weighted by molar-refractivity contribution is 0.1000. The van der Waals surface area contributed by atoms with Gasteiger partial charge in [0.1, 0.15) is 0 Å². The second-order valence-corrected chi connectivity index (χ2v) is 3.70. The summed E-state index contributed by atoms with van der Waals surface area (Å²) in [4.78, 5) is 22.1. The number of hydrogen-bond donors (Lipinski definition) is 2. The van der Waals surface area contributed by atoms with Crippen molar-refractivity contribution in [1.82, 2.24) is 10.2 Å². The molecule has 0 radical (unpaired) electrons. The van der Waals surface area contributed by atoms with Gasteiger partial charge in [0.15, 0.2) is 0 Å². The zero-order valence-corrected chi connectivity index (χ0v) is 9.23. The summed E-state index contributed by atoms with van der Waals surface area (Å²) in [6.07, 6.45) is 0. The number of aryl methyl sites for hydroxylation is 1. The van der Waals surface area contributed by atoms with Crippen molar-refractivity contribution in [1.29, 1.82) is 0 Å². The molecule has 0 spiro atoms. The standard InChI is InChI=1S/C12H11N3O2/c1-7-2-3-8(6-9(7)12(13)17)10-4-5-11(16)15-14-10/h2-6H,1H3,(H2,13,17)(H,15,16). The number of nitrogens with zero attached hydrogens (tertiary/aromatic N) is 1. The Morgan fingerprint density at radius 3 is 2.65 bits per heavy atom. The van der Waals surface area contributed by atoms with Gasteiger partial charge in [-0.2, -0.15) is 5.10 Å². The second-order valence-electron chi connectivity index (χ2n) is 3.70. The van der Waals surface area contributed by atoms with Crippen molar-refractivity contribution in [2.45, 2.75) is 6.92 Å². The van der Waals surface area contributed by atoms with Gasteiger partial charge in [-0.05, 0) is 24.6 Å². The molecule has 0 aliphatic carbocycles. The third-order valence-corrected chi connectivity index (χ3v) is 2.48. The van der Waals surface area contributed by atoms with Crippen LogP contribution >= 0.6 is 0 Å². The Bertz CT molecular complexity index is 611. The van der Waals surface area contributed by atoms with Crippen LogP contribution in [-0.2, 0) is 0 Å². The summed E-state index contributed by atoms with van der Waals surface area (Å²) in [5.74, 6) is -0.478. The van der Waals surface area contributed by atoms with Crippen molar-refractivity contribution in [3.8, 4) is 11.3 Å². The molecule has 1 heterocycles. The number of aromatic amines is 1. The zero-order valence-electron chi connectivity index (χ0n) is 9.23. The summed E-state index contributed by atoms with van der Waals surface area (Å²) in [5.41, 5.74) is 7.59. The first-order valence-corrected chi connectivity index (χ1v) is 5.04. The summed E-state index contributed by atoms with van der Waals surface area (Å²) < 4.78 is 0. The average Bonchev–Trinajstić information content (AvgIpc) is 2.30. The highest BCUT2D eigenvalue weighted by Gasteiger charge is 2.07. The van der Waals surface area contributed by atoms with Crippen molar-refractivity contribution in [3.05, 3.63) is 51.8 Å². The minimum Gasteiger partial charge on any atom is -0.366 e. The van der Waals surface area contributed by atoms with E-state index in [9.17, 15) is 9.59 Å². The lowest BCUT2D eigenvalue weighted by Crippen LogP contribution is -2.13. The molecule has 1 aromatic carbocycles. The van der Waals surface area contributed by atoms with Gasteiger partial charge in [0.25, 0.3) is 5.56 Å². The zero-order chi connectivity index (χ0) is 12.4. The number of aromatic nitrogens is 2. The maximum Gasteiger partial charge on any atom is 0.264 e. The third kappa shape index (κ3) is 2.23. The van der Waals surface area contributed by atoms with Crippen LogP contribution in [0, 0.1) is 6.92 Å². The van der Waals surface area contributed by atoms with E-state index in [4.69, 9.17) is 5.73 Å². The molecule has 86 valence electrons. The molecule has 5 heteroatoms. The summed E-state index contributed by atoms with van der Waals surface area (Å²) in [5, 5.41) is 6.23. The van der Waals surface area contributed by atoms with Crippen LogP contribution in [0.5, 0.6) is 0 Å². The minimum atomic E-state index is -0.478. The van der Waals surface area contributed by atoms with E-state index in [0.717, 1.165) is 11.1 Å². The second kappa shape index (κ2) is 4.21. The van der Waals surface area contributed by atoms with Crippen molar-refractivity contribution in [3.63, 3.8) is 0 Å². The molecule has 0 bridgehead atoms. The normalized spacial score (nSPS) is 10.2. The molecule has 0 fully saturated rings. The predicted molar refractivity (Wildman–Crippen MR) is 63.5 cm³/mol. The summed E-state index contributed by atoms with van der Waals surface area (Å²) in [6.45, 7) is 1.81. The smallest absolute Gasteiger partial charge is 0.264 e. The Kier molecular flexibility index (Phi) is 2.74. The van der Waals surface area contributed by atoms with Crippen molar-refractivity contribution >= 4 is 5.91 Å². The first-order chi connectivity index (χ1) is 8.08. The molecule has 0 saturated carbocycles. The SMILES string of the molecule is Cc1ccc(-c2ccc(=O)[nH]n2)cc1C(N)=O. The maximum absolute atomic E-state index is 11.2. The van der Waals surface area contributed by atoms with E-state index in [1.165, 1.54) is 6.07 Å². The Balaban J connectivity index is 2.53. The highest BCUT2D eigenvalue weighted by molar-refractivity contribution is 5.95. The average molecular weight is 229 g/mol. The van der Waals surface area contributed by atoms with Crippen molar-refractivity contribution < 1.29 is 4.79 Å². The van der Waals surface area contributed by atoms with E-state index in [-0.39, 0.29) is 5.56 Å². The van der Waals surface area contributed by atoms with Crippen LogP contribution in [-0.4, -0.2) is 16.1 Å². The molecule has 2 rings (SSSR count). The van der Waals surface area contributed by atoms with Gasteiger partial charge in [0, 0.05) is 17.2 Å². The molecule has 0 aliphatic heterocycles. The van der Waals surface area contributed by atoms with Gasteiger partial charge in [0.2, 0.25) is 5.91 Å². The number of primary amides is 1. The number of nitrogens with one attached hydrogen (secondary N) is 1. The van der Waals surface area contributed by atoms with Gasteiger partial charge in [-0.15, -0.1) is 0 Å². The number of nitrogens with two attached hydrogens (primary N) is 1. The summed E-state index contributed by atoms with van der Waals surface area (Å²) in [6, 6.07) is 8.25. The molecule has 0 atom stereocenters. The number of rotatable bonds is 2. The molecule has 17 heavy (non-hydrogen) atoms. The number of H-pyrrole nitrogens is 1. The molecule has 5 nitrogen and oxygen atoms in total.